The van der Waals surface area contributed by atoms with Gasteiger partial charge in [0.05, 0.1) is 12.2 Å². The molecule has 3 rings (SSSR count). The van der Waals surface area contributed by atoms with Gasteiger partial charge >= 0.3 is 0 Å². The summed E-state index contributed by atoms with van der Waals surface area (Å²) in [4.78, 5) is 20.1. The lowest BCUT2D eigenvalue weighted by Gasteiger charge is -2.21. The Balaban J connectivity index is 1.64. The molecule has 1 aliphatic rings. The molecule has 4 nitrogen and oxygen atoms in total. The summed E-state index contributed by atoms with van der Waals surface area (Å²) in [5, 5.41) is 3.71. The van der Waals surface area contributed by atoms with Crippen LogP contribution in [-0.4, -0.2) is 35.4 Å². The van der Waals surface area contributed by atoms with Crippen LogP contribution in [0.15, 0.2) is 30.3 Å². The molecule has 2 aromatic rings. The molecule has 1 heterocycles. The minimum absolute atomic E-state index is 0.0110. The topological polar surface area (TPSA) is 45.2 Å². The van der Waals surface area contributed by atoms with E-state index in [2.05, 4.69) is 54.5 Å². The Kier molecular flexibility index (Phi) is 5.31. The van der Waals surface area contributed by atoms with Crippen molar-refractivity contribution in [3.05, 3.63) is 46.5 Å². The number of aryl methyl sites for hydroxylation is 1. The summed E-state index contributed by atoms with van der Waals surface area (Å²) < 4.78 is 0. The molecular weight excluding hydrogens is 318 g/mol. The van der Waals surface area contributed by atoms with Gasteiger partial charge in [-0.3, -0.25) is 9.69 Å². The van der Waals surface area contributed by atoms with E-state index in [0.29, 0.717) is 18.5 Å². The van der Waals surface area contributed by atoms with Crippen LogP contribution in [0.1, 0.15) is 42.3 Å². The van der Waals surface area contributed by atoms with E-state index in [0.717, 1.165) is 24.4 Å². The van der Waals surface area contributed by atoms with Gasteiger partial charge in [-0.25, -0.2) is 4.98 Å². The lowest BCUT2D eigenvalue weighted by molar-refractivity contribution is -0.117. The Hall–Kier alpha value is -1.72. The second-order valence-corrected chi connectivity index (χ2v) is 7.88. The van der Waals surface area contributed by atoms with E-state index in [-0.39, 0.29) is 5.91 Å². The third kappa shape index (κ3) is 4.02. The average Bonchev–Trinajstić information content (AvgIpc) is 2.96. The first kappa shape index (κ1) is 17.1. The highest BCUT2D eigenvalue weighted by molar-refractivity contribution is 7.15. The van der Waals surface area contributed by atoms with Gasteiger partial charge in [-0.2, -0.15) is 0 Å². The Morgan fingerprint density at radius 1 is 1.38 bits per heavy atom. The third-order valence-corrected chi connectivity index (χ3v) is 5.77. The maximum Gasteiger partial charge on any atom is 0.240 e. The number of aromatic nitrogens is 1. The molecule has 0 spiro atoms. The molecule has 1 aliphatic carbocycles. The molecule has 128 valence electrons. The van der Waals surface area contributed by atoms with E-state index in [1.54, 1.807) is 11.3 Å². The first-order valence-electron chi connectivity index (χ1n) is 8.56. The first-order valence-corrected chi connectivity index (χ1v) is 9.38. The van der Waals surface area contributed by atoms with Crippen molar-refractivity contribution in [2.75, 3.05) is 18.9 Å². The van der Waals surface area contributed by atoms with E-state index in [1.165, 1.54) is 16.1 Å². The van der Waals surface area contributed by atoms with Gasteiger partial charge in [0.1, 0.15) is 0 Å². The molecule has 1 aromatic carbocycles. The number of fused-ring (bicyclic) bond motifs is 1. The zero-order chi connectivity index (χ0) is 17.1. The normalized spacial score (nSPS) is 17.1. The summed E-state index contributed by atoms with van der Waals surface area (Å²) in [5.74, 6) is 0.576. The quantitative estimate of drug-likeness (QED) is 0.900. The molecule has 0 saturated heterocycles. The van der Waals surface area contributed by atoms with Crippen molar-refractivity contribution in [1.82, 2.24) is 9.88 Å². The van der Waals surface area contributed by atoms with Crippen LogP contribution in [0.4, 0.5) is 5.13 Å². The number of carbonyl (C=O) groups excluding carboxylic acids is 1. The molecule has 0 aliphatic heterocycles. The smallest absolute Gasteiger partial charge is 0.240 e. The van der Waals surface area contributed by atoms with Gasteiger partial charge in [-0.1, -0.05) is 30.3 Å². The number of carbonyl (C=O) groups is 1. The van der Waals surface area contributed by atoms with Gasteiger partial charge in [0.15, 0.2) is 5.13 Å². The van der Waals surface area contributed by atoms with Crippen LogP contribution in [0.25, 0.3) is 0 Å². The predicted molar refractivity (Wildman–Crippen MR) is 99.7 cm³/mol. The van der Waals surface area contributed by atoms with E-state index >= 15 is 0 Å². The highest BCUT2D eigenvalue weighted by atomic mass is 32.1. The second kappa shape index (κ2) is 7.45. The minimum atomic E-state index is 0.0110. The van der Waals surface area contributed by atoms with Crippen LogP contribution in [0.3, 0.4) is 0 Å². The Bertz CT molecular complexity index is 696. The monoisotopic (exact) mass is 343 g/mol. The second-order valence-electron chi connectivity index (χ2n) is 6.80. The molecule has 24 heavy (non-hydrogen) atoms. The highest BCUT2D eigenvalue weighted by Gasteiger charge is 2.24. The van der Waals surface area contributed by atoms with Gasteiger partial charge in [-0.05, 0) is 51.6 Å². The molecule has 0 radical (unpaired) electrons. The van der Waals surface area contributed by atoms with Crippen LogP contribution in [0.5, 0.6) is 0 Å². The summed E-state index contributed by atoms with van der Waals surface area (Å²) >= 11 is 1.64. The van der Waals surface area contributed by atoms with E-state index in [1.807, 2.05) is 11.9 Å². The van der Waals surface area contributed by atoms with Gasteiger partial charge in [-0.15, -0.1) is 11.3 Å². The standard InChI is InChI=1S/C19H25N3OS/c1-13(2)22(3)12-18(23)21-19-20-16-10-9-15(11-17(16)24-19)14-7-5-4-6-8-14/h4-8,13,15H,9-12H2,1-3H3,(H,20,21,23)/t15-/m1/s1. The number of anilines is 1. The van der Waals surface area contributed by atoms with Crippen LogP contribution in [0.2, 0.25) is 0 Å². The number of hydrogen-bond acceptors (Lipinski definition) is 4. The molecule has 1 N–H and O–H groups in total. The zero-order valence-corrected chi connectivity index (χ0v) is 15.4. The number of thiazole rings is 1. The fraction of sp³-hybridized carbons (Fsp3) is 0.474. The molecule has 1 atom stereocenters. The summed E-state index contributed by atoms with van der Waals surface area (Å²) in [6.45, 7) is 4.56. The van der Waals surface area contributed by atoms with E-state index in [4.69, 9.17) is 0 Å². The molecule has 0 unspecified atom stereocenters. The number of benzene rings is 1. The van der Waals surface area contributed by atoms with Crippen molar-refractivity contribution < 1.29 is 4.79 Å². The molecular formula is C19H25N3OS. The number of nitrogens with one attached hydrogen (secondary N) is 1. The number of amides is 1. The Labute approximate surface area is 147 Å². The summed E-state index contributed by atoms with van der Waals surface area (Å²) in [7, 11) is 1.96. The van der Waals surface area contributed by atoms with Gasteiger partial charge in [0.25, 0.3) is 0 Å². The number of nitrogens with zero attached hydrogens (tertiary/aromatic N) is 2. The SMILES string of the molecule is CC(C)N(C)CC(=O)Nc1nc2c(s1)C[C@H](c1ccccc1)CC2. The maximum atomic E-state index is 12.1. The maximum absolute atomic E-state index is 12.1. The van der Waals surface area contributed by atoms with E-state index in [9.17, 15) is 4.79 Å². The zero-order valence-electron chi connectivity index (χ0n) is 14.6. The number of rotatable bonds is 5. The minimum Gasteiger partial charge on any atom is -0.301 e. The Morgan fingerprint density at radius 3 is 2.83 bits per heavy atom. The van der Waals surface area contributed by atoms with Crippen LogP contribution < -0.4 is 5.32 Å². The van der Waals surface area contributed by atoms with Gasteiger partial charge < -0.3 is 5.32 Å². The van der Waals surface area contributed by atoms with Crippen molar-refractivity contribution in [2.24, 2.45) is 0 Å². The lowest BCUT2D eigenvalue weighted by atomic mass is 9.85. The molecule has 0 fully saturated rings. The average molecular weight is 343 g/mol. The number of likely N-dealkylation sites (N-methyl/N-ethyl adjacent to an activating group) is 1. The molecule has 0 bridgehead atoms. The molecule has 1 amide bonds. The largest absolute Gasteiger partial charge is 0.301 e. The van der Waals surface area contributed by atoms with Crippen molar-refractivity contribution in [1.29, 1.82) is 0 Å². The first-order chi connectivity index (χ1) is 11.5. The van der Waals surface area contributed by atoms with Crippen molar-refractivity contribution in [2.45, 2.75) is 45.1 Å². The fourth-order valence-corrected chi connectivity index (χ4v) is 4.11. The van der Waals surface area contributed by atoms with Crippen molar-refractivity contribution in [3.8, 4) is 0 Å². The summed E-state index contributed by atoms with van der Waals surface area (Å²) in [6.07, 6.45) is 3.15. The van der Waals surface area contributed by atoms with Crippen LogP contribution in [-0.2, 0) is 17.6 Å². The fourth-order valence-electron chi connectivity index (χ4n) is 3.01. The lowest BCUT2D eigenvalue weighted by Crippen LogP contribution is -2.34. The van der Waals surface area contributed by atoms with E-state index < -0.39 is 0 Å². The molecule has 1 aromatic heterocycles. The van der Waals surface area contributed by atoms with Crippen molar-refractivity contribution >= 4 is 22.4 Å². The van der Waals surface area contributed by atoms with Crippen LogP contribution in [0, 0.1) is 0 Å². The third-order valence-electron chi connectivity index (χ3n) is 4.73. The number of hydrogen-bond donors (Lipinski definition) is 1. The molecule has 5 heteroatoms. The van der Waals surface area contributed by atoms with Gasteiger partial charge in [0.2, 0.25) is 5.91 Å². The Morgan fingerprint density at radius 2 is 2.12 bits per heavy atom. The predicted octanol–water partition coefficient (Wildman–Crippen LogP) is 3.69. The highest BCUT2D eigenvalue weighted by Crippen LogP contribution is 2.36. The van der Waals surface area contributed by atoms with Gasteiger partial charge in [0, 0.05) is 10.9 Å². The summed E-state index contributed by atoms with van der Waals surface area (Å²) in [5.41, 5.74) is 2.57. The summed E-state index contributed by atoms with van der Waals surface area (Å²) in [6, 6.07) is 11.0. The van der Waals surface area contributed by atoms with Crippen molar-refractivity contribution in [3.63, 3.8) is 0 Å². The van der Waals surface area contributed by atoms with Crippen LogP contribution >= 0.6 is 11.3 Å². The molecule has 0 saturated carbocycles.